The number of quaternary nitrogens is 4. The molecule has 0 fully saturated rings. The van der Waals surface area contributed by atoms with E-state index in [9.17, 15) is 0 Å². The van der Waals surface area contributed by atoms with Crippen LogP contribution in [0.1, 0.15) is 0 Å². The van der Waals surface area contributed by atoms with E-state index in [1.165, 1.54) is 0 Å². The summed E-state index contributed by atoms with van der Waals surface area (Å²) in [4.78, 5) is 6.19. The Balaban J connectivity index is -0.000000109. The van der Waals surface area contributed by atoms with Gasteiger partial charge in [0.1, 0.15) is 0 Å². The normalized spacial score (nSPS) is 12.5. The Morgan fingerprint density at radius 1 is 0.303 bits per heavy atom. The van der Waals surface area contributed by atoms with Crippen LogP contribution < -0.4 is 0 Å². The molecule has 194 valence electrons. The van der Waals surface area contributed by atoms with E-state index >= 15 is 0 Å². The van der Waals surface area contributed by atoms with Crippen molar-refractivity contribution in [1.82, 2.24) is 0 Å². The molecule has 0 aliphatic carbocycles. The zero-order chi connectivity index (χ0) is 28.7. The fourth-order valence-corrected chi connectivity index (χ4v) is 1.09. The zero-order valence-electron chi connectivity index (χ0n) is 23.8. The first-order chi connectivity index (χ1) is 14.0. The molecule has 0 amide bonds. The minimum absolute atomic E-state index is 1.00. The number of rotatable bonds is 0. The SMILES string of the molecule is C[N+](C)(C)C.C[N+](C)(C)C.C[N+](C)(C)C.C[N+](C)(C)C.N#[C][Fe-4]([C]#N)([C]#N)([C]#N)([C]#N)[C]#N. The summed E-state index contributed by atoms with van der Waals surface area (Å²) >= 11 is 0. The second-order valence-electron chi connectivity index (χ2n) is 12.5. The molecule has 0 rings (SSSR count). The van der Waals surface area contributed by atoms with Crippen LogP contribution in [0.4, 0.5) is 0 Å². The molecule has 0 atom stereocenters. The molecular weight excluding hydrogens is 460 g/mol. The van der Waals surface area contributed by atoms with Gasteiger partial charge in [0, 0.05) is 0 Å². The Morgan fingerprint density at radius 3 is 0.364 bits per heavy atom. The Bertz CT molecular complexity index is 651. The van der Waals surface area contributed by atoms with E-state index in [4.69, 9.17) is 31.6 Å². The van der Waals surface area contributed by atoms with Crippen LogP contribution in [-0.4, -0.2) is 131 Å². The first-order valence-electron chi connectivity index (χ1n) is 9.56. The summed E-state index contributed by atoms with van der Waals surface area (Å²) in [5, 5.41) is 51.5. The topological polar surface area (TPSA) is 143 Å². The molecule has 0 unspecified atom stereocenters. The van der Waals surface area contributed by atoms with Gasteiger partial charge in [0.25, 0.3) is 0 Å². The molecule has 10 nitrogen and oxygen atoms in total. The second-order valence-corrected chi connectivity index (χ2v) is 18.2. The molecule has 0 aromatic heterocycles. The van der Waals surface area contributed by atoms with Crippen molar-refractivity contribution in [1.29, 1.82) is 31.6 Å². The summed E-state index contributed by atoms with van der Waals surface area (Å²) in [5.74, 6) is 0. The molecular formula is C22H48FeN10. The molecule has 0 saturated carbocycles. The predicted octanol–water partition coefficient (Wildman–Crippen LogP) is 1.39. The summed E-state index contributed by atoms with van der Waals surface area (Å²) < 4.78 is 4.00. The van der Waals surface area contributed by atoms with Crippen LogP contribution >= 0.6 is 0 Å². The first kappa shape index (κ1) is 40.6. The van der Waals surface area contributed by atoms with Crippen molar-refractivity contribution in [3.63, 3.8) is 0 Å². The van der Waals surface area contributed by atoms with Crippen LogP contribution in [0.15, 0.2) is 0 Å². The van der Waals surface area contributed by atoms with E-state index in [1.54, 1.807) is 0 Å². The van der Waals surface area contributed by atoms with Crippen molar-refractivity contribution in [2.75, 3.05) is 113 Å². The fraction of sp³-hybridized carbons (Fsp3) is 0.727. The maximum absolute atomic E-state index is 8.58. The minimum atomic E-state index is -6.17. The van der Waals surface area contributed by atoms with E-state index in [1.807, 2.05) is 0 Å². The van der Waals surface area contributed by atoms with Gasteiger partial charge in [-0.25, -0.2) is 0 Å². The van der Waals surface area contributed by atoms with Crippen LogP contribution in [0.5, 0.6) is 0 Å². The Labute approximate surface area is 202 Å². The van der Waals surface area contributed by atoms with E-state index < -0.39 is 10.7 Å². The summed E-state index contributed by atoms with van der Waals surface area (Å²) in [6.07, 6.45) is 0. The van der Waals surface area contributed by atoms with E-state index in [-0.39, 0.29) is 0 Å². The molecule has 0 saturated heterocycles. The van der Waals surface area contributed by atoms with Crippen LogP contribution in [0.25, 0.3) is 0 Å². The van der Waals surface area contributed by atoms with E-state index in [0.29, 0.717) is 0 Å². The van der Waals surface area contributed by atoms with E-state index in [2.05, 4.69) is 113 Å². The van der Waals surface area contributed by atoms with Gasteiger partial charge in [-0.1, -0.05) is 0 Å². The molecule has 0 aliphatic rings. The molecule has 0 aliphatic heterocycles. The van der Waals surface area contributed by atoms with Crippen LogP contribution in [-0.2, 0) is 10.7 Å². The van der Waals surface area contributed by atoms with Crippen molar-refractivity contribution in [3.05, 3.63) is 0 Å². The van der Waals surface area contributed by atoms with Gasteiger partial charge in [-0.15, -0.1) is 0 Å². The third-order valence-electron chi connectivity index (χ3n) is 1.19. The van der Waals surface area contributed by atoms with Crippen molar-refractivity contribution >= 4 is 0 Å². The molecule has 0 aromatic carbocycles. The average Bonchev–Trinajstić information content (AvgIpc) is 2.54. The Kier molecular flexibility index (Phi) is 16.1. The van der Waals surface area contributed by atoms with Gasteiger partial charge in [-0.05, 0) is 0 Å². The van der Waals surface area contributed by atoms with Gasteiger partial charge < -0.3 is 17.9 Å². The molecule has 0 radical (unpaired) electrons. The number of nitrogens with zero attached hydrogens (tertiary/aromatic N) is 10. The van der Waals surface area contributed by atoms with Crippen molar-refractivity contribution < 1.29 is 28.7 Å². The summed E-state index contributed by atoms with van der Waals surface area (Å²) in [6, 6.07) is 0. The van der Waals surface area contributed by atoms with Crippen LogP contribution in [0, 0.1) is 61.4 Å². The third-order valence-corrected chi connectivity index (χ3v) is 4.89. The molecule has 0 bridgehead atoms. The number of hydrogen-bond donors (Lipinski definition) is 0. The maximum atomic E-state index is 8.58. The van der Waals surface area contributed by atoms with Crippen molar-refractivity contribution in [2.24, 2.45) is 0 Å². The third kappa shape index (κ3) is 29.3. The Hall–Kier alpha value is -2.70. The monoisotopic (exact) mass is 508 g/mol. The molecule has 0 spiro atoms. The molecule has 11 heteroatoms. The van der Waals surface area contributed by atoms with Crippen molar-refractivity contribution in [3.8, 4) is 29.8 Å². The van der Waals surface area contributed by atoms with Gasteiger partial charge in [-0.2, -0.15) is 0 Å². The van der Waals surface area contributed by atoms with E-state index in [0.717, 1.165) is 47.7 Å². The quantitative estimate of drug-likeness (QED) is 0.357. The van der Waals surface area contributed by atoms with Gasteiger partial charge in [0.05, 0.1) is 113 Å². The summed E-state index contributed by atoms with van der Waals surface area (Å²) in [6.45, 7) is 0. The second kappa shape index (κ2) is 13.1. The van der Waals surface area contributed by atoms with Crippen LogP contribution in [0.3, 0.4) is 0 Å². The number of nitriles is 6. The first-order valence-corrected chi connectivity index (χ1v) is 12.9. The Morgan fingerprint density at radius 2 is 0.364 bits per heavy atom. The summed E-state index contributed by atoms with van der Waals surface area (Å²) in [5.41, 5.74) is 0. The van der Waals surface area contributed by atoms with Gasteiger partial charge in [0.2, 0.25) is 0 Å². The van der Waals surface area contributed by atoms with Gasteiger partial charge >= 0.3 is 72.1 Å². The summed E-state index contributed by atoms with van der Waals surface area (Å²) in [7, 11) is 27.8. The van der Waals surface area contributed by atoms with Crippen molar-refractivity contribution in [2.45, 2.75) is 0 Å². The average molecular weight is 509 g/mol. The molecule has 33 heavy (non-hydrogen) atoms. The standard InChI is InChI=1S/4C4H12N.6CN.Fe/c4*1-5(2,3)4;6*1-2;/h4*1-4H3;;;;;;;/q4*+1;;;;;;;-4. The molecule has 0 aromatic rings. The van der Waals surface area contributed by atoms with Gasteiger partial charge in [-0.3, -0.25) is 0 Å². The van der Waals surface area contributed by atoms with Crippen LogP contribution in [0.2, 0.25) is 0 Å². The molecule has 0 heterocycles. The van der Waals surface area contributed by atoms with Gasteiger partial charge in [0.15, 0.2) is 0 Å². The molecule has 0 N–H and O–H groups in total. The number of hydrogen-bond acceptors (Lipinski definition) is 6. The predicted molar refractivity (Wildman–Crippen MR) is 130 cm³/mol. The fourth-order valence-electron chi connectivity index (χ4n) is 0.265. The zero-order valence-corrected chi connectivity index (χ0v) is 24.9.